The first-order chi connectivity index (χ1) is 7.83. The number of aromatic amines is 1. The summed E-state index contributed by atoms with van der Waals surface area (Å²) in [7, 11) is 0. The Labute approximate surface area is 91.6 Å². The quantitative estimate of drug-likeness (QED) is 0.649. The minimum Gasteiger partial charge on any atom is -0.495 e. The molecule has 0 unspecified atom stereocenters. The standard InChI is InChI=1S/C12H9N3O/c16-12-6-9-5-8(1-2-10(9)15-12)11-7-13-3-4-14-11/h1-7,15-16H. The Kier molecular flexibility index (Phi) is 1.86. The molecule has 0 spiro atoms. The van der Waals surface area contributed by atoms with Gasteiger partial charge >= 0.3 is 0 Å². The number of nitrogens with one attached hydrogen (secondary N) is 1. The molecule has 0 aliphatic carbocycles. The van der Waals surface area contributed by atoms with Crippen molar-refractivity contribution in [3.8, 4) is 17.1 Å². The molecule has 0 aliphatic rings. The summed E-state index contributed by atoms with van der Waals surface area (Å²) in [5.74, 6) is 0.172. The van der Waals surface area contributed by atoms with Crippen LogP contribution in [0.5, 0.6) is 5.88 Å². The summed E-state index contributed by atoms with van der Waals surface area (Å²) < 4.78 is 0. The number of H-pyrrole nitrogens is 1. The Morgan fingerprint density at radius 1 is 1.12 bits per heavy atom. The maximum Gasteiger partial charge on any atom is 0.189 e. The van der Waals surface area contributed by atoms with Gasteiger partial charge in [-0.25, -0.2) is 0 Å². The average molecular weight is 211 g/mol. The number of hydrogen-bond acceptors (Lipinski definition) is 3. The van der Waals surface area contributed by atoms with Crippen molar-refractivity contribution in [1.29, 1.82) is 0 Å². The Morgan fingerprint density at radius 3 is 2.88 bits per heavy atom. The fraction of sp³-hybridized carbons (Fsp3) is 0. The van der Waals surface area contributed by atoms with Crippen molar-refractivity contribution in [3.05, 3.63) is 42.9 Å². The number of aromatic hydroxyl groups is 1. The normalized spacial score (nSPS) is 10.8. The van der Waals surface area contributed by atoms with Gasteiger partial charge in [0.2, 0.25) is 0 Å². The van der Waals surface area contributed by atoms with Crippen LogP contribution in [-0.4, -0.2) is 20.1 Å². The zero-order valence-corrected chi connectivity index (χ0v) is 8.38. The predicted octanol–water partition coefficient (Wildman–Crippen LogP) is 2.33. The molecule has 0 amide bonds. The molecule has 4 heteroatoms. The molecule has 1 aromatic carbocycles. The molecular formula is C12H9N3O. The van der Waals surface area contributed by atoms with Crippen molar-refractivity contribution in [2.45, 2.75) is 0 Å². The summed E-state index contributed by atoms with van der Waals surface area (Å²) in [5, 5.41) is 10.3. The molecule has 4 nitrogen and oxygen atoms in total. The summed E-state index contributed by atoms with van der Waals surface area (Å²) in [6.07, 6.45) is 5.02. The van der Waals surface area contributed by atoms with Crippen LogP contribution >= 0.6 is 0 Å². The summed E-state index contributed by atoms with van der Waals surface area (Å²) in [4.78, 5) is 11.1. The van der Waals surface area contributed by atoms with E-state index in [-0.39, 0.29) is 5.88 Å². The number of aromatic nitrogens is 3. The minimum atomic E-state index is 0.172. The van der Waals surface area contributed by atoms with Crippen LogP contribution in [0.1, 0.15) is 0 Å². The first-order valence-electron chi connectivity index (χ1n) is 4.91. The molecule has 3 rings (SSSR count). The van der Waals surface area contributed by atoms with Crippen molar-refractivity contribution in [3.63, 3.8) is 0 Å². The maximum absolute atomic E-state index is 9.33. The second-order valence-electron chi connectivity index (χ2n) is 3.55. The van der Waals surface area contributed by atoms with Crippen LogP contribution in [0.25, 0.3) is 22.2 Å². The number of hydrogen-bond donors (Lipinski definition) is 2. The maximum atomic E-state index is 9.33. The van der Waals surface area contributed by atoms with Gasteiger partial charge in [-0.2, -0.15) is 0 Å². The molecule has 0 atom stereocenters. The number of nitrogens with zero attached hydrogens (tertiary/aromatic N) is 2. The van der Waals surface area contributed by atoms with Crippen molar-refractivity contribution in [2.75, 3.05) is 0 Å². The van der Waals surface area contributed by atoms with E-state index in [2.05, 4.69) is 15.0 Å². The molecule has 2 aromatic heterocycles. The zero-order valence-electron chi connectivity index (χ0n) is 8.38. The second kappa shape index (κ2) is 3.34. The highest BCUT2D eigenvalue weighted by atomic mass is 16.3. The lowest BCUT2D eigenvalue weighted by molar-refractivity contribution is 0.458. The lowest BCUT2D eigenvalue weighted by atomic mass is 10.1. The van der Waals surface area contributed by atoms with E-state index >= 15 is 0 Å². The summed E-state index contributed by atoms with van der Waals surface area (Å²) in [6.45, 7) is 0. The number of fused-ring (bicyclic) bond motifs is 1. The van der Waals surface area contributed by atoms with E-state index in [1.54, 1.807) is 24.7 Å². The fourth-order valence-electron chi connectivity index (χ4n) is 1.72. The van der Waals surface area contributed by atoms with Crippen LogP contribution in [0.15, 0.2) is 42.9 Å². The van der Waals surface area contributed by atoms with Crippen molar-refractivity contribution >= 4 is 10.9 Å². The summed E-state index contributed by atoms with van der Waals surface area (Å²) in [6, 6.07) is 7.52. The van der Waals surface area contributed by atoms with Crippen molar-refractivity contribution < 1.29 is 5.11 Å². The van der Waals surface area contributed by atoms with E-state index in [1.165, 1.54) is 0 Å². The highest BCUT2D eigenvalue weighted by molar-refractivity contribution is 5.85. The smallest absolute Gasteiger partial charge is 0.189 e. The van der Waals surface area contributed by atoms with Gasteiger partial charge in [0.1, 0.15) is 0 Å². The number of rotatable bonds is 1. The van der Waals surface area contributed by atoms with Gasteiger partial charge in [0.05, 0.1) is 11.9 Å². The van der Waals surface area contributed by atoms with E-state index in [0.717, 1.165) is 22.2 Å². The molecule has 0 fully saturated rings. The minimum absolute atomic E-state index is 0.172. The van der Waals surface area contributed by atoms with Crippen LogP contribution < -0.4 is 0 Å². The van der Waals surface area contributed by atoms with Crippen molar-refractivity contribution in [1.82, 2.24) is 15.0 Å². The SMILES string of the molecule is Oc1cc2cc(-c3cnccn3)ccc2[nH]1. The average Bonchev–Trinajstić information content (AvgIpc) is 2.69. The topological polar surface area (TPSA) is 61.8 Å². The van der Waals surface area contributed by atoms with E-state index < -0.39 is 0 Å². The van der Waals surface area contributed by atoms with E-state index in [0.29, 0.717) is 0 Å². The lowest BCUT2D eigenvalue weighted by Crippen LogP contribution is -1.83. The van der Waals surface area contributed by atoms with Gasteiger partial charge in [0.15, 0.2) is 5.88 Å². The van der Waals surface area contributed by atoms with E-state index in [4.69, 9.17) is 0 Å². The van der Waals surface area contributed by atoms with Crippen LogP contribution in [0.3, 0.4) is 0 Å². The molecule has 16 heavy (non-hydrogen) atoms. The molecule has 0 saturated carbocycles. The summed E-state index contributed by atoms with van der Waals surface area (Å²) in [5.41, 5.74) is 2.72. The highest BCUT2D eigenvalue weighted by Gasteiger charge is 2.03. The highest BCUT2D eigenvalue weighted by Crippen LogP contribution is 2.24. The molecule has 0 saturated heterocycles. The Bertz CT molecular complexity index is 631. The van der Waals surface area contributed by atoms with Gasteiger partial charge < -0.3 is 10.1 Å². The molecule has 3 aromatic rings. The molecular weight excluding hydrogens is 202 g/mol. The van der Waals surface area contributed by atoms with Gasteiger partial charge in [-0.15, -0.1) is 0 Å². The third-order valence-electron chi connectivity index (χ3n) is 2.47. The van der Waals surface area contributed by atoms with Gasteiger partial charge in [-0.1, -0.05) is 6.07 Å². The Morgan fingerprint density at radius 2 is 2.06 bits per heavy atom. The molecule has 2 N–H and O–H groups in total. The second-order valence-corrected chi connectivity index (χ2v) is 3.55. The Hall–Kier alpha value is -2.36. The summed E-state index contributed by atoms with van der Waals surface area (Å²) >= 11 is 0. The number of benzene rings is 1. The molecule has 0 aliphatic heterocycles. The predicted molar refractivity (Wildman–Crippen MR) is 61.0 cm³/mol. The van der Waals surface area contributed by atoms with Crippen LogP contribution in [-0.2, 0) is 0 Å². The van der Waals surface area contributed by atoms with Crippen LogP contribution in [0, 0.1) is 0 Å². The van der Waals surface area contributed by atoms with Crippen LogP contribution in [0.2, 0.25) is 0 Å². The lowest BCUT2D eigenvalue weighted by Gasteiger charge is -1.99. The van der Waals surface area contributed by atoms with Gasteiger partial charge in [-0.3, -0.25) is 9.97 Å². The fourth-order valence-corrected chi connectivity index (χ4v) is 1.72. The first kappa shape index (κ1) is 8.91. The van der Waals surface area contributed by atoms with E-state index in [9.17, 15) is 5.11 Å². The largest absolute Gasteiger partial charge is 0.495 e. The Balaban J connectivity index is 2.18. The third-order valence-corrected chi connectivity index (χ3v) is 2.47. The monoisotopic (exact) mass is 211 g/mol. The molecule has 0 bridgehead atoms. The van der Waals surface area contributed by atoms with E-state index in [1.807, 2.05) is 18.2 Å². The third kappa shape index (κ3) is 1.40. The van der Waals surface area contributed by atoms with Crippen LogP contribution in [0.4, 0.5) is 0 Å². The molecule has 0 radical (unpaired) electrons. The van der Waals surface area contributed by atoms with Gasteiger partial charge in [0, 0.05) is 34.9 Å². The molecule has 2 heterocycles. The van der Waals surface area contributed by atoms with Gasteiger partial charge in [0.25, 0.3) is 0 Å². The molecule has 78 valence electrons. The zero-order chi connectivity index (χ0) is 11.0. The van der Waals surface area contributed by atoms with Crippen molar-refractivity contribution in [2.24, 2.45) is 0 Å². The van der Waals surface area contributed by atoms with Gasteiger partial charge in [-0.05, 0) is 12.1 Å². The first-order valence-corrected chi connectivity index (χ1v) is 4.91.